The van der Waals surface area contributed by atoms with E-state index in [0.29, 0.717) is 11.6 Å². The summed E-state index contributed by atoms with van der Waals surface area (Å²) in [5.41, 5.74) is 1.92. The first-order valence-electron chi connectivity index (χ1n) is 5.36. The molecule has 92 valence electrons. The number of thiazole rings is 1. The third-order valence-electron chi connectivity index (χ3n) is 2.58. The Bertz CT molecular complexity index is 690. The number of hydrogen-bond acceptors (Lipinski definition) is 5. The summed E-state index contributed by atoms with van der Waals surface area (Å²) >= 11 is 7.53. The molecule has 2 aromatic heterocycles. The van der Waals surface area contributed by atoms with Crippen LogP contribution >= 0.6 is 22.9 Å². The van der Waals surface area contributed by atoms with Crippen LogP contribution in [-0.2, 0) is 13.6 Å². The topological polar surface area (TPSA) is 55.6 Å². The summed E-state index contributed by atoms with van der Waals surface area (Å²) in [6.45, 7) is 0.650. The Kier molecular flexibility index (Phi) is 2.89. The van der Waals surface area contributed by atoms with Gasteiger partial charge >= 0.3 is 0 Å². The fraction of sp³-hybridized carbons (Fsp3) is 0.182. The average molecular weight is 280 g/mol. The van der Waals surface area contributed by atoms with Crippen LogP contribution in [0.4, 0.5) is 5.13 Å². The van der Waals surface area contributed by atoms with Gasteiger partial charge in [-0.05, 0) is 18.2 Å². The molecule has 18 heavy (non-hydrogen) atoms. The van der Waals surface area contributed by atoms with Crippen molar-refractivity contribution in [2.24, 2.45) is 7.05 Å². The first-order chi connectivity index (χ1) is 8.72. The molecule has 0 radical (unpaired) electrons. The Hall–Kier alpha value is -1.66. The van der Waals surface area contributed by atoms with Crippen molar-refractivity contribution in [3.05, 3.63) is 35.1 Å². The van der Waals surface area contributed by atoms with Gasteiger partial charge in [0, 0.05) is 12.1 Å². The second kappa shape index (κ2) is 4.55. The molecule has 5 nitrogen and oxygen atoms in total. The van der Waals surface area contributed by atoms with Gasteiger partial charge in [-0.1, -0.05) is 28.2 Å². The van der Waals surface area contributed by atoms with Crippen LogP contribution in [0.3, 0.4) is 0 Å². The zero-order chi connectivity index (χ0) is 12.5. The van der Waals surface area contributed by atoms with Crippen LogP contribution in [0.5, 0.6) is 0 Å². The molecule has 0 atom stereocenters. The third kappa shape index (κ3) is 2.16. The molecule has 3 aromatic rings. The van der Waals surface area contributed by atoms with E-state index in [1.165, 1.54) is 0 Å². The van der Waals surface area contributed by atoms with Crippen molar-refractivity contribution in [2.45, 2.75) is 6.54 Å². The van der Waals surface area contributed by atoms with E-state index in [0.717, 1.165) is 21.0 Å². The molecule has 0 amide bonds. The number of nitrogens with zero attached hydrogens (tertiary/aromatic N) is 4. The van der Waals surface area contributed by atoms with Gasteiger partial charge in [-0.25, -0.2) is 4.98 Å². The van der Waals surface area contributed by atoms with Crippen LogP contribution in [0.25, 0.3) is 10.2 Å². The number of benzene rings is 1. The fourth-order valence-corrected chi connectivity index (χ4v) is 2.62. The Balaban J connectivity index is 1.81. The Morgan fingerprint density at radius 2 is 2.33 bits per heavy atom. The van der Waals surface area contributed by atoms with E-state index in [2.05, 4.69) is 20.6 Å². The van der Waals surface area contributed by atoms with Crippen LogP contribution in [0.15, 0.2) is 24.4 Å². The predicted molar refractivity (Wildman–Crippen MR) is 73.0 cm³/mol. The van der Waals surface area contributed by atoms with Crippen LogP contribution in [0.2, 0.25) is 5.02 Å². The van der Waals surface area contributed by atoms with E-state index in [9.17, 15) is 0 Å². The summed E-state index contributed by atoms with van der Waals surface area (Å²) in [5.74, 6) is 0. The monoisotopic (exact) mass is 279 g/mol. The van der Waals surface area contributed by atoms with Crippen molar-refractivity contribution in [1.29, 1.82) is 0 Å². The lowest BCUT2D eigenvalue weighted by molar-refractivity contribution is 0.683. The maximum atomic E-state index is 5.93. The van der Waals surface area contributed by atoms with Crippen molar-refractivity contribution >= 4 is 38.3 Å². The molecule has 0 aliphatic rings. The highest BCUT2D eigenvalue weighted by Gasteiger charge is 2.05. The van der Waals surface area contributed by atoms with Crippen molar-refractivity contribution in [3.63, 3.8) is 0 Å². The number of nitrogens with one attached hydrogen (secondary N) is 1. The van der Waals surface area contributed by atoms with Gasteiger partial charge in [-0.15, -0.1) is 5.10 Å². The van der Waals surface area contributed by atoms with Gasteiger partial charge in [0.25, 0.3) is 0 Å². The van der Waals surface area contributed by atoms with Gasteiger partial charge in [0.2, 0.25) is 0 Å². The normalized spacial score (nSPS) is 11.0. The molecule has 2 heterocycles. The smallest absolute Gasteiger partial charge is 0.184 e. The second-order valence-corrected chi connectivity index (χ2v) is 5.30. The molecule has 0 spiro atoms. The van der Waals surface area contributed by atoms with E-state index in [-0.39, 0.29) is 0 Å². The van der Waals surface area contributed by atoms with Gasteiger partial charge < -0.3 is 5.32 Å². The zero-order valence-electron chi connectivity index (χ0n) is 9.59. The molecule has 0 unspecified atom stereocenters. The van der Waals surface area contributed by atoms with E-state index in [1.54, 1.807) is 22.2 Å². The van der Waals surface area contributed by atoms with Gasteiger partial charge in [-0.2, -0.15) is 0 Å². The number of fused-ring (bicyclic) bond motifs is 1. The molecule has 0 saturated carbocycles. The quantitative estimate of drug-likeness (QED) is 0.801. The van der Waals surface area contributed by atoms with Crippen molar-refractivity contribution in [3.8, 4) is 0 Å². The maximum absolute atomic E-state index is 5.93. The SMILES string of the molecule is Cn1nncc1CNc1nc2cc(Cl)ccc2s1. The summed E-state index contributed by atoms with van der Waals surface area (Å²) in [5, 5.41) is 12.5. The van der Waals surface area contributed by atoms with Crippen molar-refractivity contribution in [1.82, 2.24) is 20.0 Å². The second-order valence-electron chi connectivity index (χ2n) is 3.83. The fourth-order valence-electron chi connectivity index (χ4n) is 1.61. The first-order valence-corrected chi connectivity index (χ1v) is 6.55. The maximum Gasteiger partial charge on any atom is 0.184 e. The number of rotatable bonds is 3. The molecule has 0 fully saturated rings. The molecular weight excluding hydrogens is 270 g/mol. The van der Waals surface area contributed by atoms with Crippen molar-refractivity contribution in [2.75, 3.05) is 5.32 Å². The highest BCUT2D eigenvalue weighted by molar-refractivity contribution is 7.22. The van der Waals surface area contributed by atoms with Gasteiger partial charge in [0.05, 0.1) is 28.7 Å². The summed E-state index contributed by atoms with van der Waals surface area (Å²) in [7, 11) is 1.86. The summed E-state index contributed by atoms with van der Waals surface area (Å²) < 4.78 is 2.85. The molecule has 3 rings (SSSR count). The van der Waals surface area contributed by atoms with E-state index >= 15 is 0 Å². The highest BCUT2D eigenvalue weighted by Crippen LogP contribution is 2.28. The minimum absolute atomic E-state index is 0.650. The summed E-state index contributed by atoms with van der Waals surface area (Å²) in [6, 6.07) is 5.72. The van der Waals surface area contributed by atoms with Crippen LogP contribution in [0.1, 0.15) is 5.69 Å². The van der Waals surface area contributed by atoms with Crippen LogP contribution < -0.4 is 5.32 Å². The summed E-state index contributed by atoms with van der Waals surface area (Å²) in [4.78, 5) is 4.48. The van der Waals surface area contributed by atoms with Crippen LogP contribution in [0, 0.1) is 0 Å². The molecule has 1 N–H and O–H groups in total. The minimum atomic E-state index is 0.650. The molecular formula is C11H10ClN5S. The highest BCUT2D eigenvalue weighted by atomic mass is 35.5. The largest absolute Gasteiger partial charge is 0.356 e. The van der Waals surface area contributed by atoms with Crippen LogP contribution in [-0.4, -0.2) is 20.0 Å². The van der Waals surface area contributed by atoms with E-state index in [4.69, 9.17) is 11.6 Å². The third-order valence-corrected chi connectivity index (χ3v) is 3.81. The molecule has 7 heteroatoms. The first kappa shape index (κ1) is 11.4. The standard InChI is InChI=1S/C11H10ClN5S/c1-17-8(6-14-16-17)5-13-11-15-9-4-7(12)2-3-10(9)18-11/h2-4,6H,5H2,1H3,(H,13,15). The molecule has 1 aromatic carbocycles. The number of anilines is 1. The molecule has 0 saturated heterocycles. The van der Waals surface area contributed by atoms with Gasteiger partial charge in [-0.3, -0.25) is 4.68 Å². The molecule has 0 aliphatic carbocycles. The predicted octanol–water partition coefficient (Wildman–Crippen LogP) is 2.69. The Morgan fingerprint density at radius 3 is 3.11 bits per heavy atom. The Labute approximate surface area is 112 Å². The Morgan fingerprint density at radius 1 is 1.44 bits per heavy atom. The molecule has 0 bridgehead atoms. The lowest BCUT2D eigenvalue weighted by Crippen LogP contribution is -2.04. The van der Waals surface area contributed by atoms with Crippen molar-refractivity contribution < 1.29 is 0 Å². The summed E-state index contributed by atoms with van der Waals surface area (Å²) in [6.07, 6.45) is 1.73. The number of aryl methyl sites for hydroxylation is 1. The lowest BCUT2D eigenvalue weighted by atomic mass is 10.3. The minimum Gasteiger partial charge on any atom is -0.356 e. The molecule has 0 aliphatic heterocycles. The van der Waals surface area contributed by atoms with Gasteiger partial charge in [0.15, 0.2) is 5.13 Å². The number of hydrogen-bond donors (Lipinski definition) is 1. The average Bonchev–Trinajstić information content (AvgIpc) is 2.92. The van der Waals surface area contributed by atoms with Gasteiger partial charge in [0.1, 0.15) is 0 Å². The zero-order valence-corrected chi connectivity index (χ0v) is 11.2. The van der Waals surface area contributed by atoms with E-state index in [1.807, 2.05) is 25.2 Å². The lowest BCUT2D eigenvalue weighted by Gasteiger charge is -2.00. The van der Waals surface area contributed by atoms with E-state index < -0.39 is 0 Å². The number of aromatic nitrogens is 4. The number of halogens is 1.